The third kappa shape index (κ3) is 2.03. The van der Waals surface area contributed by atoms with Gasteiger partial charge >= 0.3 is 0 Å². The van der Waals surface area contributed by atoms with Gasteiger partial charge in [0.25, 0.3) is 0 Å². The molecule has 20 heavy (non-hydrogen) atoms. The number of hydrogen-bond acceptors (Lipinski definition) is 5. The first-order valence-corrected chi connectivity index (χ1v) is 7.48. The maximum Gasteiger partial charge on any atom is 0.181 e. The van der Waals surface area contributed by atoms with Gasteiger partial charge < -0.3 is 5.73 Å². The number of benzene rings is 1. The summed E-state index contributed by atoms with van der Waals surface area (Å²) in [5.74, 6) is 0. The molecule has 2 heterocycles. The molecule has 0 saturated carbocycles. The minimum atomic E-state index is 0.471. The van der Waals surface area contributed by atoms with Crippen LogP contribution in [0.4, 0.5) is 5.13 Å². The highest BCUT2D eigenvalue weighted by Crippen LogP contribution is 2.34. The van der Waals surface area contributed by atoms with Crippen molar-refractivity contribution in [2.24, 2.45) is 0 Å². The standard InChI is InChI=1S/C14H13ClN4S/c1-3-8-7(2)11(18-19-13(8)15)9-5-4-6-10-12(9)17-14(16)20-10/h4-6H,3H2,1-2H3,(H2,16,17). The lowest BCUT2D eigenvalue weighted by molar-refractivity contribution is 0.969. The molecule has 3 rings (SSSR count). The Morgan fingerprint density at radius 2 is 2.10 bits per heavy atom. The summed E-state index contributed by atoms with van der Waals surface area (Å²) < 4.78 is 1.05. The van der Waals surface area contributed by atoms with Gasteiger partial charge in [-0.25, -0.2) is 4.98 Å². The van der Waals surface area contributed by atoms with E-state index in [1.807, 2.05) is 25.1 Å². The average Bonchev–Trinajstić information content (AvgIpc) is 2.80. The third-order valence-corrected chi connectivity index (χ3v) is 4.49. The van der Waals surface area contributed by atoms with Crippen molar-refractivity contribution in [1.29, 1.82) is 0 Å². The van der Waals surface area contributed by atoms with Crippen LogP contribution in [0.5, 0.6) is 0 Å². The van der Waals surface area contributed by atoms with Crippen LogP contribution < -0.4 is 5.73 Å². The smallest absolute Gasteiger partial charge is 0.181 e. The molecule has 102 valence electrons. The van der Waals surface area contributed by atoms with E-state index in [-0.39, 0.29) is 0 Å². The van der Waals surface area contributed by atoms with Gasteiger partial charge in [-0.3, -0.25) is 0 Å². The van der Waals surface area contributed by atoms with E-state index in [4.69, 9.17) is 17.3 Å². The molecular formula is C14H13ClN4S. The first-order valence-electron chi connectivity index (χ1n) is 6.29. The second-order valence-electron chi connectivity index (χ2n) is 4.50. The average molecular weight is 305 g/mol. The van der Waals surface area contributed by atoms with Gasteiger partial charge in [0, 0.05) is 5.56 Å². The monoisotopic (exact) mass is 304 g/mol. The Bertz CT molecular complexity index is 797. The lowest BCUT2D eigenvalue weighted by Gasteiger charge is -2.10. The molecule has 4 nitrogen and oxygen atoms in total. The van der Waals surface area contributed by atoms with Crippen LogP contribution in [0.2, 0.25) is 5.15 Å². The van der Waals surface area contributed by atoms with Gasteiger partial charge in [-0.1, -0.05) is 42.0 Å². The number of anilines is 1. The molecule has 0 spiro atoms. The molecule has 0 amide bonds. The summed E-state index contributed by atoms with van der Waals surface area (Å²) in [4.78, 5) is 4.40. The highest BCUT2D eigenvalue weighted by molar-refractivity contribution is 7.22. The number of para-hydroxylation sites is 1. The van der Waals surface area contributed by atoms with Crippen LogP contribution in [-0.4, -0.2) is 15.2 Å². The molecule has 1 aromatic carbocycles. The van der Waals surface area contributed by atoms with Crippen LogP contribution in [0.15, 0.2) is 18.2 Å². The molecule has 0 unspecified atom stereocenters. The van der Waals surface area contributed by atoms with Crippen molar-refractivity contribution in [2.45, 2.75) is 20.3 Å². The molecule has 0 aliphatic rings. The molecular weight excluding hydrogens is 292 g/mol. The topological polar surface area (TPSA) is 64.7 Å². The molecule has 6 heteroatoms. The van der Waals surface area contributed by atoms with Gasteiger partial charge in [-0.05, 0) is 30.5 Å². The van der Waals surface area contributed by atoms with E-state index in [1.54, 1.807) is 0 Å². The number of nitrogens with two attached hydrogens (primary N) is 1. The molecule has 0 aliphatic heterocycles. The summed E-state index contributed by atoms with van der Waals surface area (Å²) in [5.41, 5.74) is 10.5. The Kier molecular flexibility index (Phi) is 3.31. The second kappa shape index (κ2) is 5.00. The van der Waals surface area contributed by atoms with Gasteiger partial charge in [-0.2, -0.15) is 0 Å². The summed E-state index contributed by atoms with van der Waals surface area (Å²) in [5, 5.41) is 9.35. The number of hydrogen-bond donors (Lipinski definition) is 1. The maximum absolute atomic E-state index is 6.10. The van der Waals surface area contributed by atoms with Crippen molar-refractivity contribution in [3.05, 3.63) is 34.5 Å². The van der Waals surface area contributed by atoms with Gasteiger partial charge in [0.1, 0.15) is 0 Å². The number of halogens is 1. The normalized spacial score (nSPS) is 11.2. The zero-order valence-corrected chi connectivity index (χ0v) is 12.7. The van der Waals surface area contributed by atoms with Crippen molar-refractivity contribution in [3.8, 4) is 11.3 Å². The summed E-state index contributed by atoms with van der Waals surface area (Å²) in [6.45, 7) is 4.07. The van der Waals surface area contributed by atoms with Gasteiger partial charge in [0.15, 0.2) is 10.3 Å². The van der Waals surface area contributed by atoms with Crippen LogP contribution >= 0.6 is 22.9 Å². The number of aromatic nitrogens is 3. The molecule has 0 atom stereocenters. The van der Waals surface area contributed by atoms with E-state index >= 15 is 0 Å². The van der Waals surface area contributed by atoms with E-state index in [0.717, 1.165) is 39.0 Å². The molecule has 0 saturated heterocycles. The molecule has 3 aromatic rings. The number of rotatable bonds is 2. The maximum atomic E-state index is 6.10. The fourth-order valence-electron chi connectivity index (χ4n) is 2.35. The third-order valence-electron chi connectivity index (χ3n) is 3.34. The van der Waals surface area contributed by atoms with Crippen LogP contribution in [-0.2, 0) is 6.42 Å². The minimum Gasteiger partial charge on any atom is -0.375 e. The zero-order chi connectivity index (χ0) is 14.3. The largest absolute Gasteiger partial charge is 0.375 e. The van der Waals surface area contributed by atoms with Gasteiger partial charge in [0.05, 0.1) is 15.9 Å². The van der Waals surface area contributed by atoms with Crippen molar-refractivity contribution in [2.75, 3.05) is 5.73 Å². The van der Waals surface area contributed by atoms with E-state index in [0.29, 0.717) is 10.3 Å². The first-order chi connectivity index (χ1) is 9.61. The quantitative estimate of drug-likeness (QED) is 0.781. The van der Waals surface area contributed by atoms with E-state index in [2.05, 4.69) is 22.1 Å². The molecule has 0 aliphatic carbocycles. The van der Waals surface area contributed by atoms with Crippen LogP contribution in [0.25, 0.3) is 21.5 Å². The van der Waals surface area contributed by atoms with Crippen LogP contribution in [0.3, 0.4) is 0 Å². The summed E-state index contributed by atoms with van der Waals surface area (Å²) >= 11 is 7.58. The highest BCUT2D eigenvalue weighted by Gasteiger charge is 2.15. The van der Waals surface area contributed by atoms with Crippen molar-refractivity contribution in [1.82, 2.24) is 15.2 Å². The summed E-state index contributed by atoms with van der Waals surface area (Å²) in [6, 6.07) is 5.98. The zero-order valence-electron chi connectivity index (χ0n) is 11.1. The molecule has 0 bridgehead atoms. The Balaban J connectivity index is 2.31. The summed E-state index contributed by atoms with van der Waals surface area (Å²) in [7, 11) is 0. The SMILES string of the molecule is CCc1c(Cl)nnc(-c2cccc3sc(N)nc23)c1C. The molecule has 0 fully saturated rings. The van der Waals surface area contributed by atoms with E-state index in [1.165, 1.54) is 11.3 Å². The lowest BCUT2D eigenvalue weighted by Crippen LogP contribution is -1.99. The van der Waals surface area contributed by atoms with E-state index in [9.17, 15) is 0 Å². The lowest BCUT2D eigenvalue weighted by atomic mass is 10.0. The molecule has 2 aromatic heterocycles. The summed E-state index contributed by atoms with van der Waals surface area (Å²) in [6.07, 6.45) is 0.822. The van der Waals surface area contributed by atoms with E-state index < -0.39 is 0 Å². The molecule has 0 radical (unpaired) electrons. The van der Waals surface area contributed by atoms with Crippen molar-refractivity contribution >= 4 is 38.3 Å². The Hall–Kier alpha value is -1.72. The molecule has 2 N–H and O–H groups in total. The fraction of sp³-hybridized carbons (Fsp3) is 0.214. The number of nitrogen functional groups attached to an aromatic ring is 1. The highest BCUT2D eigenvalue weighted by atomic mass is 35.5. The predicted octanol–water partition coefficient (Wildman–Crippen LogP) is 3.86. The number of thiazole rings is 1. The van der Waals surface area contributed by atoms with Crippen LogP contribution in [0.1, 0.15) is 18.1 Å². The van der Waals surface area contributed by atoms with Crippen molar-refractivity contribution < 1.29 is 0 Å². The number of nitrogens with zero attached hydrogens (tertiary/aromatic N) is 3. The Labute approximate surface area is 125 Å². The second-order valence-corrected chi connectivity index (χ2v) is 5.92. The van der Waals surface area contributed by atoms with Gasteiger partial charge in [-0.15, -0.1) is 10.2 Å². The predicted molar refractivity (Wildman–Crippen MR) is 84.2 cm³/mol. The number of fused-ring (bicyclic) bond motifs is 1. The first kappa shape index (κ1) is 13.3. The fourth-order valence-corrected chi connectivity index (χ4v) is 3.42. The van der Waals surface area contributed by atoms with Gasteiger partial charge in [0.2, 0.25) is 0 Å². The Morgan fingerprint density at radius 1 is 1.30 bits per heavy atom. The van der Waals surface area contributed by atoms with Crippen LogP contribution in [0, 0.1) is 6.92 Å². The Morgan fingerprint density at radius 3 is 2.85 bits per heavy atom. The van der Waals surface area contributed by atoms with Crippen molar-refractivity contribution in [3.63, 3.8) is 0 Å². The minimum absolute atomic E-state index is 0.471.